The zero-order chi connectivity index (χ0) is 9.95. The summed E-state index contributed by atoms with van der Waals surface area (Å²) in [5, 5.41) is 18.1. The molecule has 0 aromatic rings. The zero-order valence-corrected chi connectivity index (χ0v) is 7.94. The van der Waals surface area contributed by atoms with Crippen molar-refractivity contribution in [1.82, 2.24) is 0 Å². The molecule has 6 nitrogen and oxygen atoms in total. The number of hydrogen-bond acceptors (Lipinski definition) is 5. The Balaban J connectivity index is 2.65. The maximum Gasteiger partial charge on any atom is 0.476 e. The molecule has 0 aromatic heterocycles. The van der Waals surface area contributed by atoms with Gasteiger partial charge in [0.2, 0.25) is 0 Å². The van der Waals surface area contributed by atoms with Crippen molar-refractivity contribution in [3.8, 4) is 0 Å². The van der Waals surface area contributed by atoms with Crippen molar-refractivity contribution in [2.24, 2.45) is 0 Å². The average molecular weight is 212 g/mol. The van der Waals surface area contributed by atoms with E-state index in [-0.39, 0.29) is 13.0 Å². The Bertz CT molecular complexity index is 215. The second-order valence-corrected chi connectivity index (χ2v) is 4.32. The van der Waals surface area contributed by atoms with Crippen LogP contribution in [0.4, 0.5) is 0 Å². The molecular formula is C6H13O6P. The first kappa shape index (κ1) is 11.1. The fraction of sp³-hybridized carbons (Fsp3) is 1.00. The van der Waals surface area contributed by atoms with Crippen molar-refractivity contribution < 1.29 is 28.7 Å². The van der Waals surface area contributed by atoms with Crippen LogP contribution < -0.4 is 0 Å². The van der Waals surface area contributed by atoms with Gasteiger partial charge in [0.05, 0.1) is 6.61 Å². The third kappa shape index (κ3) is 4.17. The van der Waals surface area contributed by atoms with Crippen LogP contribution in [0.5, 0.6) is 0 Å². The summed E-state index contributed by atoms with van der Waals surface area (Å²) in [7, 11) is -4.31. The molecule has 1 rings (SSSR count). The van der Waals surface area contributed by atoms with Gasteiger partial charge in [-0.15, -0.1) is 0 Å². The molecule has 7 heteroatoms. The Kier molecular flexibility index (Phi) is 3.45. The van der Waals surface area contributed by atoms with E-state index in [4.69, 9.17) is 15.1 Å². The first-order valence-corrected chi connectivity index (χ1v) is 5.54. The average Bonchev–Trinajstić information content (AvgIpc) is 1.97. The SMILES string of the molecule is O=P1(O)OCCCCCC(O)(O)O1. The quantitative estimate of drug-likeness (QED) is 0.395. The molecule has 1 aliphatic heterocycles. The normalized spacial score (nSPS) is 35.9. The topological polar surface area (TPSA) is 96.2 Å². The number of phosphoric acid groups is 1. The molecule has 1 heterocycles. The Labute approximate surface area is 75.7 Å². The molecule has 1 unspecified atom stereocenters. The van der Waals surface area contributed by atoms with Crippen LogP contribution in [0.1, 0.15) is 25.7 Å². The maximum atomic E-state index is 11.0. The second-order valence-electron chi connectivity index (χ2n) is 2.95. The van der Waals surface area contributed by atoms with E-state index in [1.165, 1.54) is 0 Å². The van der Waals surface area contributed by atoms with Crippen LogP contribution in [0, 0.1) is 0 Å². The second kappa shape index (κ2) is 4.04. The highest BCUT2D eigenvalue weighted by Crippen LogP contribution is 2.47. The minimum Gasteiger partial charge on any atom is -0.343 e. The minimum absolute atomic E-state index is 0.0872. The van der Waals surface area contributed by atoms with Crippen molar-refractivity contribution in [3.05, 3.63) is 0 Å². The Hall–Kier alpha value is 0.0300. The molecule has 0 radical (unpaired) electrons. The van der Waals surface area contributed by atoms with Crippen LogP contribution in [-0.4, -0.2) is 27.7 Å². The van der Waals surface area contributed by atoms with Crippen LogP contribution in [0.2, 0.25) is 0 Å². The standard InChI is InChI=1S/C6H13O6P/c7-6(8)4-2-1-3-5-11-13(9,10)12-6/h7-8H,1-5H2,(H,9,10). The van der Waals surface area contributed by atoms with Gasteiger partial charge in [0.1, 0.15) is 0 Å². The Morgan fingerprint density at radius 2 is 1.92 bits per heavy atom. The van der Waals surface area contributed by atoms with E-state index in [1.807, 2.05) is 0 Å². The summed E-state index contributed by atoms with van der Waals surface area (Å²) in [6.45, 7) is 0.0872. The van der Waals surface area contributed by atoms with Gasteiger partial charge in [-0.2, -0.15) is 0 Å². The highest BCUT2D eigenvalue weighted by atomic mass is 31.2. The van der Waals surface area contributed by atoms with Crippen molar-refractivity contribution >= 4 is 7.82 Å². The molecule has 78 valence electrons. The summed E-state index contributed by atoms with van der Waals surface area (Å²) >= 11 is 0. The number of rotatable bonds is 0. The lowest BCUT2D eigenvalue weighted by Gasteiger charge is -2.22. The molecule has 1 saturated heterocycles. The van der Waals surface area contributed by atoms with Crippen LogP contribution in [0.25, 0.3) is 0 Å². The molecule has 0 bridgehead atoms. The highest BCUT2D eigenvalue weighted by molar-refractivity contribution is 7.47. The summed E-state index contributed by atoms with van der Waals surface area (Å²) < 4.78 is 19.6. The Morgan fingerprint density at radius 3 is 2.62 bits per heavy atom. The summed E-state index contributed by atoms with van der Waals surface area (Å²) in [4.78, 5) is 8.93. The van der Waals surface area contributed by atoms with Gasteiger partial charge in [0, 0.05) is 6.42 Å². The van der Waals surface area contributed by atoms with Gasteiger partial charge in [-0.1, -0.05) is 6.42 Å². The first-order chi connectivity index (χ1) is 5.91. The molecule has 1 aliphatic rings. The lowest BCUT2D eigenvalue weighted by molar-refractivity contribution is -0.302. The maximum absolute atomic E-state index is 11.0. The number of aliphatic hydroxyl groups is 2. The first-order valence-electron chi connectivity index (χ1n) is 4.04. The van der Waals surface area contributed by atoms with Gasteiger partial charge < -0.3 is 15.1 Å². The van der Waals surface area contributed by atoms with Crippen molar-refractivity contribution in [2.45, 2.75) is 31.7 Å². The molecule has 1 fully saturated rings. The summed E-state index contributed by atoms with van der Waals surface area (Å²) in [6.07, 6.45) is 1.72. The molecule has 0 amide bonds. The van der Waals surface area contributed by atoms with Gasteiger partial charge in [0.15, 0.2) is 0 Å². The van der Waals surface area contributed by atoms with Crippen LogP contribution >= 0.6 is 7.82 Å². The number of hydrogen-bond donors (Lipinski definition) is 3. The van der Waals surface area contributed by atoms with Crippen LogP contribution in [0.3, 0.4) is 0 Å². The van der Waals surface area contributed by atoms with Gasteiger partial charge in [-0.05, 0) is 12.8 Å². The predicted molar refractivity (Wildman–Crippen MR) is 42.5 cm³/mol. The van der Waals surface area contributed by atoms with E-state index >= 15 is 0 Å². The molecule has 13 heavy (non-hydrogen) atoms. The minimum atomic E-state index is -4.31. The van der Waals surface area contributed by atoms with E-state index in [0.29, 0.717) is 19.3 Å². The third-order valence-corrected chi connectivity index (χ3v) is 2.69. The summed E-state index contributed by atoms with van der Waals surface area (Å²) in [5.74, 6) is -2.56. The summed E-state index contributed by atoms with van der Waals surface area (Å²) in [5.41, 5.74) is 0. The lowest BCUT2D eigenvalue weighted by atomic mass is 10.2. The van der Waals surface area contributed by atoms with Crippen molar-refractivity contribution in [2.75, 3.05) is 6.61 Å². The van der Waals surface area contributed by atoms with Crippen molar-refractivity contribution in [3.63, 3.8) is 0 Å². The molecular weight excluding hydrogens is 199 g/mol. The number of phosphoric ester groups is 1. The van der Waals surface area contributed by atoms with E-state index in [2.05, 4.69) is 9.05 Å². The van der Waals surface area contributed by atoms with E-state index in [1.54, 1.807) is 0 Å². The molecule has 1 atom stereocenters. The largest absolute Gasteiger partial charge is 0.476 e. The summed E-state index contributed by atoms with van der Waals surface area (Å²) in [6, 6.07) is 0. The Morgan fingerprint density at radius 1 is 1.23 bits per heavy atom. The molecule has 3 N–H and O–H groups in total. The van der Waals surface area contributed by atoms with Gasteiger partial charge in [-0.3, -0.25) is 4.52 Å². The third-order valence-electron chi connectivity index (χ3n) is 1.66. The fourth-order valence-corrected chi connectivity index (χ4v) is 1.94. The molecule has 0 saturated carbocycles. The smallest absolute Gasteiger partial charge is 0.343 e. The van der Waals surface area contributed by atoms with Gasteiger partial charge in [0.25, 0.3) is 5.97 Å². The molecule has 0 aliphatic carbocycles. The van der Waals surface area contributed by atoms with Crippen LogP contribution in [0.15, 0.2) is 0 Å². The van der Waals surface area contributed by atoms with E-state index in [9.17, 15) is 4.57 Å². The predicted octanol–water partition coefficient (Wildman–Crippen LogP) is 0.332. The molecule has 0 spiro atoms. The van der Waals surface area contributed by atoms with E-state index in [0.717, 1.165) is 0 Å². The zero-order valence-electron chi connectivity index (χ0n) is 7.05. The molecule has 0 aromatic carbocycles. The van der Waals surface area contributed by atoms with Crippen LogP contribution in [-0.2, 0) is 13.6 Å². The van der Waals surface area contributed by atoms with Gasteiger partial charge in [-0.25, -0.2) is 9.09 Å². The van der Waals surface area contributed by atoms with E-state index < -0.39 is 13.8 Å². The lowest BCUT2D eigenvalue weighted by Crippen LogP contribution is -2.30. The van der Waals surface area contributed by atoms with Crippen molar-refractivity contribution in [1.29, 1.82) is 0 Å². The van der Waals surface area contributed by atoms with Gasteiger partial charge >= 0.3 is 7.82 Å². The fourth-order valence-electron chi connectivity index (χ4n) is 1.07. The monoisotopic (exact) mass is 212 g/mol. The highest BCUT2D eigenvalue weighted by Gasteiger charge is 2.36.